The first-order valence-corrected chi connectivity index (χ1v) is 5.66. The fourth-order valence-electron chi connectivity index (χ4n) is 2.15. The van der Waals surface area contributed by atoms with Crippen molar-refractivity contribution in [1.29, 1.82) is 0 Å². The molecule has 0 saturated heterocycles. The molecule has 1 atom stereocenters. The van der Waals surface area contributed by atoms with E-state index in [4.69, 9.17) is 11.6 Å². The molecule has 1 N–H and O–H groups in total. The summed E-state index contributed by atoms with van der Waals surface area (Å²) in [6, 6.07) is 1.42. The van der Waals surface area contributed by atoms with Crippen molar-refractivity contribution >= 4 is 11.6 Å². The Morgan fingerprint density at radius 1 is 1.36 bits per heavy atom. The van der Waals surface area contributed by atoms with E-state index < -0.39 is 0 Å². The van der Waals surface area contributed by atoms with Gasteiger partial charge in [0.05, 0.1) is 12.0 Å². The van der Waals surface area contributed by atoms with Gasteiger partial charge in [0.2, 0.25) is 0 Å². The maximum atomic E-state index is 5.97. The van der Waals surface area contributed by atoms with Crippen molar-refractivity contribution in [2.45, 2.75) is 44.3 Å². The highest BCUT2D eigenvalue weighted by Gasteiger charge is 2.27. The average molecular weight is 212 g/mol. The van der Waals surface area contributed by atoms with Gasteiger partial charge in [-0.05, 0) is 25.7 Å². The van der Waals surface area contributed by atoms with E-state index in [0.29, 0.717) is 11.2 Å². The Labute approximate surface area is 88.5 Å². The molecule has 1 aromatic heterocycles. The van der Waals surface area contributed by atoms with E-state index in [1.165, 1.54) is 25.0 Å². The lowest BCUT2D eigenvalue weighted by Crippen LogP contribution is -2.38. The maximum absolute atomic E-state index is 5.97. The van der Waals surface area contributed by atoms with Crippen molar-refractivity contribution in [2.75, 3.05) is 0 Å². The minimum Gasteiger partial charge on any atom is -0.332 e. The molecule has 0 radical (unpaired) electrons. The molecule has 0 amide bonds. The summed E-state index contributed by atoms with van der Waals surface area (Å²) in [7, 11) is 0. The first kappa shape index (κ1) is 8.74. The first-order chi connectivity index (χ1) is 6.83. The molecule has 1 aromatic rings. The second kappa shape index (κ2) is 3.24. The quantitative estimate of drug-likeness (QED) is 0.806. The molecule has 1 fully saturated rings. The molecule has 2 aliphatic rings. The van der Waals surface area contributed by atoms with Gasteiger partial charge in [-0.1, -0.05) is 11.6 Å². The first-order valence-electron chi connectivity index (χ1n) is 5.28. The molecule has 14 heavy (non-hydrogen) atoms. The van der Waals surface area contributed by atoms with Crippen LogP contribution in [0.2, 0.25) is 5.15 Å². The summed E-state index contributed by atoms with van der Waals surface area (Å²) in [6.07, 6.45) is 6.83. The molecule has 0 bridgehead atoms. The fourth-order valence-corrected chi connectivity index (χ4v) is 2.39. The number of hydrogen-bond acceptors (Lipinski definition) is 2. The minimum absolute atomic E-state index is 0.625. The van der Waals surface area contributed by atoms with Gasteiger partial charge in [0.1, 0.15) is 5.15 Å². The number of rotatable bonds is 2. The van der Waals surface area contributed by atoms with Gasteiger partial charge in [-0.15, -0.1) is 0 Å². The molecular weight excluding hydrogens is 198 g/mol. The molecule has 1 saturated carbocycles. The number of halogens is 1. The molecule has 3 rings (SSSR count). The lowest BCUT2D eigenvalue weighted by molar-refractivity contribution is 0.382. The van der Waals surface area contributed by atoms with E-state index in [1.807, 2.05) is 6.33 Å². The minimum atomic E-state index is 0.625. The molecule has 1 aliphatic carbocycles. The summed E-state index contributed by atoms with van der Waals surface area (Å²) < 4.78 is 2.19. The van der Waals surface area contributed by atoms with E-state index >= 15 is 0 Å². The molecule has 4 heteroatoms. The molecule has 1 aliphatic heterocycles. The smallest absolute Gasteiger partial charge is 0.150 e. The normalized spacial score (nSPS) is 26.2. The third-order valence-electron chi connectivity index (χ3n) is 3.09. The second-order valence-electron chi connectivity index (χ2n) is 4.31. The molecule has 1 unspecified atom stereocenters. The van der Waals surface area contributed by atoms with Crippen LogP contribution >= 0.6 is 11.6 Å². The number of hydrogen-bond donors (Lipinski definition) is 1. The van der Waals surface area contributed by atoms with Crippen molar-refractivity contribution in [3.63, 3.8) is 0 Å². The molecule has 3 nitrogen and oxygen atoms in total. The van der Waals surface area contributed by atoms with Crippen LogP contribution < -0.4 is 5.32 Å². The highest BCUT2D eigenvalue weighted by Crippen LogP contribution is 2.25. The molecule has 0 spiro atoms. The van der Waals surface area contributed by atoms with Crippen LogP contribution in [0.25, 0.3) is 0 Å². The highest BCUT2D eigenvalue weighted by atomic mass is 35.5. The van der Waals surface area contributed by atoms with E-state index in [1.54, 1.807) is 0 Å². The van der Waals surface area contributed by atoms with Crippen LogP contribution in [0.4, 0.5) is 0 Å². The summed E-state index contributed by atoms with van der Waals surface area (Å²) in [4.78, 5) is 4.13. The summed E-state index contributed by atoms with van der Waals surface area (Å²) in [5.41, 5.74) is 1.21. The van der Waals surface area contributed by atoms with Crippen LogP contribution in [0.15, 0.2) is 6.33 Å². The summed E-state index contributed by atoms with van der Waals surface area (Å²) in [5, 5.41) is 4.34. The Balaban J connectivity index is 1.72. The van der Waals surface area contributed by atoms with Gasteiger partial charge in [-0.3, -0.25) is 0 Å². The van der Waals surface area contributed by atoms with Crippen LogP contribution in [-0.4, -0.2) is 21.6 Å². The van der Waals surface area contributed by atoms with Gasteiger partial charge >= 0.3 is 0 Å². The van der Waals surface area contributed by atoms with Gasteiger partial charge < -0.3 is 9.88 Å². The summed E-state index contributed by atoms with van der Waals surface area (Å²) >= 11 is 5.97. The Morgan fingerprint density at radius 3 is 3.00 bits per heavy atom. The van der Waals surface area contributed by atoms with E-state index in [2.05, 4.69) is 14.9 Å². The number of nitrogens with one attached hydrogen (secondary N) is 1. The van der Waals surface area contributed by atoms with Crippen molar-refractivity contribution in [2.24, 2.45) is 0 Å². The third-order valence-corrected chi connectivity index (χ3v) is 3.41. The van der Waals surface area contributed by atoms with Crippen LogP contribution in [-0.2, 0) is 13.0 Å². The van der Waals surface area contributed by atoms with Crippen molar-refractivity contribution in [3.05, 3.63) is 17.2 Å². The zero-order valence-electron chi connectivity index (χ0n) is 8.04. The van der Waals surface area contributed by atoms with E-state index in [0.717, 1.165) is 19.0 Å². The number of imidazole rings is 1. The second-order valence-corrected chi connectivity index (χ2v) is 4.67. The monoisotopic (exact) mass is 211 g/mol. The fraction of sp³-hybridized carbons (Fsp3) is 0.700. The van der Waals surface area contributed by atoms with Gasteiger partial charge in [0, 0.05) is 18.6 Å². The van der Waals surface area contributed by atoms with Crippen molar-refractivity contribution < 1.29 is 0 Å². The Bertz CT molecular complexity index is 343. The predicted octanol–water partition coefficient (Wildman–Crippen LogP) is 1.60. The standard InChI is InChI=1S/C10H14ClN3/c11-10-9-4-3-8(13-7-1-2-7)5-14(9)6-12-10/h6-8,13H,1-5H2. The zero-order chi connectivity index (χ0) is 9.54. The van der Waals surface area contributed by atoms with Gasteiger partial charge in [0.15, 0.2) is 0 Å². The van der Waals surface area contributed by atoms with Crippen LogP contribution in [0, 0.1) is 0 Å². The average Bonchev–Trinajstić information content (AvgIpc) is 2.92. The molecule has 0 aromatic carbocycles. The Hall–Kier alpha value is -0.540. The lowest BCUT2D eigenvalue weighted by atomic mass is 10.1. The Morgan fingerprint density at radius 2 is 2.21 bits per heavy atom. The summed E-state index contributed by atoms with van der Waals surface area (Å²) in [5.74, 6) is 0. The van der Waals surface area contributed by atoms with Gasteiger partial charge in [-0.2, -0.15) is 0 Å². The van der Waals surface area contributed by atoms with Crippen molar-refractivity contribution in [1.82, 2.24) is 14.9 Å². The van der Waals surface area contributed by atoms with Crippen LogP contribution in [0.5, 0.6) is 0 Å². The zero-order valence-corrected chi connectivity index (χ0v) is 8.80. The number of fused-ring (bicyclic) bond motifs is 1. The Kier molecular flexibility index (Phi) is 2.03. The molecular formula is C10H14ClN3. The van der Waals surface area contributed by atoms with E-state index in [-0.39, 0.29) is 0 Å². The third kappa shape index (κ3) is 1.55. The summed E-state index contributed by atoms with van der Waals surface area (Å²) in [6.45, 7) is 1.03. The molecule has 76 valence electrons. The molecule has 2 heterocycles. The number of nitrogens with zero attached hydrogens (tertiary/aromatic N) is 2. The highest BCUT2D eigenvalue weighted by molar-refractivity contribution is 6.30. The SMILES string of the molecule is Clc1ncn2c1CCC(NC1CC1)C2. The maximum Gasteiger partial charge on any atom is 0.150 e. The van der Waals surface area contributed by atoms with Gasteiger partial charge in [-0.25, -0.2) is 4.98 Å². The van der Waals surface area contributed by atoms with Crippen molar-refractivity contribution in [3.8, 4) is 0 Å². The van der Waals surface area contributed by atoms with Gasteiger partial charge in [0.25, 0.3) is 0 Å². The predicted molar refractivity (Wildman–Crippen MR) is 55.5 cm³/mol. The lowest BCUT2D eigenvalue weighted by Gasteiger charge is -2.25. The van der Waals surface area contributed by atoms with Crippen LogP contribution in [0.3, 0.4) is 0 Å². The largest absolute Gasteiger partial charge is 0.332 e. The topological polar surface area (TPSA) is 29.9 Å². The van der Waals surface area contributed by atoms with E-state index in [9.17, 15) is 0 Å². The van der Waals surface area contributed by atoms with Crippen LogP contribution in [0.1, 0.15) is 25.0 Å². The number of aromatic nitrogens is 2.